The molecule has 7 heteroatoms. The molecule has 1 fully saturated rings. The summed E-state index contributed by atoms with van der Waals surface area (Å²) < 4.78 is 5.30. The Balaban J connectivity index is 1.86. The van der Waals surface area contributed by atoms with Crippen LogP contribution in [-0.2, 0) is 11.3 Å². The molecule has 100 valence electrons. The van der Waals surface area contributed by atoms with E-state index in [1.807, 2.05) is 0 Å². The average Bonchev–Trinajstić information content (AvgIpc) is 2.82. The minimum atomic E-state index is -0.401. The standard InChI is InChI=1S/C12H14N4O3/c17-16(18)9-1-2-10-11(7-9)13-14-12(10)8-15-3-5-19-6-4-15/h1-2,7H,3-6,8H2,(H,13,14). The first-order chi connectivity index (χ1) is 9.24. The summed E-state index contributed by atoms with van der Waals surface area (Å²) in [6.07, 6.45) is 0. The molecule has 1 aromatic carbocycles. The lowest BCUT2D eigenvalue weighted by Crippen LogP contribution is -2.35. The maximum absolute atomic E-state index is 10.7. The van der Waals surface area contributed by atoms with Gasteiger partial charge in [0.15, 0.2) is 0 Å². The van der Waals surface area contributed by atoms with Crippen LogP contribution in [0.25, 0.3) is 10.9 Å². The van der Waals surface area contributed by atoms with Crippen molar-refractivity contribution in [3.05, 3.63) is 34.0 Å². The van der Waals surface area contributed by atoms with Gasteiger partial charge in [-0.3, -0.25) is 20.1 Å². The summed E-state index contributed by atoms with van der Waals surface area (Å²) in [5, 5.41) is 18.8. The molecule has 1 N–H and O–H groups in total. The number of morpholine rings is 1. The third-order valence-corrected chi connectivity index (χ3v) is 3.31. The zero-order valence-corrected chi connectivity index (χ0v) is 10.3. The van der Waals surface area contributed by atoms with E-state index >= 15 is 0 Å². The molecule has 0 amide bonds. The van der Waals surface area contributed by atoms with Crippen molar-refractivity contribution in [2.24, 2.45) is 0 Å². The van der Waals surface area contributed by atoms with Gasteiger partial charge in [-0.25, -0.2) is 0 Å². The third kappa shape index (κ3) is 2.42. The quantitative estimate of drug-likeness (QED) is 0.665. The number of nitrogens with one attached hydrogen (secondary N) is 1. The minimum absolute atomic E-state index is 0.0778. The Morgan fingerprint density at radius 3 is 2.95 bits per heavy atom. The number of rotatable bonds is 3. The van der Waals surface area contributed by atoms with E-state index in [4.69, 9.17) is 4.74 Å². The predicted molar refractivity (Wildman–Crippen MR) is 68.8 cm³/mol. The molecule has 1 aliphatic heterocycles. The predicted octanol–water partition coefficient (Wildman–Crippen LogP) is 1.30. The fourth-order valence-electron chi connectivity index (χ4n) is 2.27. The Bertz CT molecular complexity index is 604. The van der Waals surface area contributed by atoms with Crippen LogP contribution in [0, 0.1) is 10.1 Å². The number of hydrogen-bond acceptors (Lipinski definition) is 5. The first-order valence-corrected chi connectivity index (χ1v) is 6.15. The fraction of sp³-hybridized carbons (Fsp3) is 0.417. The summed E-state index contributed by atoms with van der Waals surface area (Å²) in [6.45, 7) is 4.01. The lowest BCUT2D eigenvalue weighted by molar-refractivity contribution is -0.384. The fourth-order valence-corrected chi connectivity index (χ4v) is 2.27. The molecule has 0 spiro atoms. The Kier molecular flexibility index (Phi) is 3.14. The van der Waals surface area contributed by atoms with Crippen molar-refractivity contribution in [1.29, 1.82) is 0 Å². The Morgan fingerprint density at radius 1 is 1.42 bits per heavy atom. The van der Waals surface area contributed by atoms with Crippen LogP contribution < -0.4 is 0 Å². The van der Waals surface area contributed by atoms with E-state index in [0.29, 0.717) is 5.52 Å². The van der Waals surface area contributed by atoms with Crippen molar-refractivity contribution in [1.82, 2.24) is 15.1 Å². The number of aromatic amines is 1. The number of ether oxygens (including phenoxy) is 1. The van der Waals surface area contributed by atoms with Gasteiger partial charge in [0.1, 0.15) is 0 Å². The van der Waals surface area contributed by atoms with Crippen LogP contribution in [0.1, 0.15) is 5.69 Å². The molecule has 1 aliphatic rings. The Morgan fingerprint density at radius 2 is 2.21 bits per heavy atom. The second kappa shape index (κ2) is 4.94. The molecule has 0 bridgehead atoms. The number of non-ortho nitro benzene ring substituents is 1. The zero-order chi connectivity index (χ0) is 13.2. The number of nitro benzene ring substituents is 1. The molecule has 1 saturated heterocycles. The molecule has 0 unspecified atom stereocenters. The van der Waals surface area contributed by atoms with E-state index in [1.54, 1.807) is 6.07 Å². The molecule has 2 heterocycles. The van der Waals surface area contributed by atoms with Gasteiger partial charge in [0.05, 0.1) is 29.3 Å². The summed E-state index contributed by atoms with van der Waals surface area (Å²) in [4.78, 5) is 12.6. The van der Waals surface area contributed by atoms with E-state index in [2.05, 4.69) is 15.1 Å². The van der Waals surface area contributed by atoms with Crippen LogP contribution in [-0.4, -0.2) is 46.3 Å². The van der Waals surface area contributed by atoms with Crippen molar-refractivity contribution in [2.75, 3.05) is 26.3 Å². The van der Waals surface area contributed by atoms with Gasteiger partial charge >= 0.3 is 0 Å². The highest BCUT2D eigenvalue weighted by Gasteiger charge is 2.15. The number of nitrogens with zero attached hydrogens (tertiary/aromatic N) is 3. The molecular formula is C12H14N4O3. The van der Waals surface area contributed by atoms with Crippen molar-refractivity contribution in [2.45, 2.75) is 6.54 Å². The molecule has 1 aromatic heterocycles. The molecule has 0 aliphatic carbocycles. The first kappa shape index (κ1) is 12.1. The molecular weight excluding hydrogens is 248 g/mol. The first-order valence-electron chi connectivity index (χ1n) is 6.15. The number of hydrogen-bond donors (Lipinski definition) is 1. The van der Waals surface area contributed by atoms with Crippen molar-refractivity contribution in [3.63, 3.8) is 0 Å². The molecule has 7 nitrogen and oxygen atoms in total. The second-order valence-electron chi connectivity index (χ2n) is 4.55. The Hall–Kier alpha value is -1.99. The Labute approximate surface area is 109 Å². The lowest BCUT2D eigenvalue weighted by Gasteiger charge is -2.25. The molecule has 3 rings (SSSR count). The van der Waals surface area contributed by atoms with Gasteiger partial charge in [0.2, 0.25) is 0 Å². The molecule has 0 radical (unpaired) electrons. The third-order valence-electron chi connectivity index (χ3n) is 3.31. The summed E-state index contributed by atoms with van der Waals surface area (Å²) >= 11 is 0. The summed E-state index contributed by atoms with van der Waals surface area (Å²) in [6, 6.07) is 4.79. The van der Waals surface area contributed by atoms with Crippen LogP contribution in [0.15, 0.2) is 18.2 Å². The SMILES string of the molecule is O=[N+]([O-])c1ccc2c(CN3CCOCC3)n[nH]c2c1. The highest BCUT2D eigenvalue weighted by molar-refractivity contribution is 5.83. The number of aromatic nitrogens is 2. The maximum Gasteiger partial charge on any atom is 0.271 e. The maximum atomic E-state index is 10.7. The van der Waals surface area contributed by atoms with Crippen LogP contribution in [0.3, 0.4) is 0 Å². The van der Waals surface area contributed by atoms with Gasteiger partial charge < -0.3 is 4.74 Å². The largest absolute Gasteiger partial charge is 0.379 e. The van der Waals surface area contributed by atoms with Crippen molar-refractivity contribution < 1.29 is 9.66 Å². The molecule has 0 saturated carbocycles. The number of H-pyrrole nitrogens is 1. The monoisotopic (exact) mass is 262 g/mol. The topological polar surface area (TPSA) is 84.3 Å². The number of nitro groups is 1. The van der Waals surface area contributed by atoms with E-state index in [0.717, 1.165) is 43.9 Å². The van der Waals surface area contributed by atoms with Gasteiger partial charge in [-0.1, -0.05) is 0 Å². The molecule has 2 aromatic rings. The highest BCUT2D eigenvalue weighted by atomic mass is 16.6. The molecule has 19 heavy (non-hydrogen) atoms. The van der Waals surface area contributed by atoms with Crippen LogP contribution in [0.2, 0.25) is 0 Å². The highest BCUT2D eigenvalue weighted by Crippen LogP contribution is 2.22. The van der Waals surface area contributed by atoms with E-state index in [9.17, 15) is 10.1 Å². The summed E-state index contributed by atoms with van der Waals surface area (Å²) in [5.41, 5.74) is 1.71. The van der Waals surface area contributed by atoms with Gasteiger partial charge in [0.25, 0.3) is 5.69 Å². The van der Waals surface area contributed by atoms with E-state index in [1.165, 1.54) is 12.1 Å². The van der Waals surface area contributed by atoms with Crippen LogP contribution in [0.5, 0.6) is 0 Å². The summed E-state index contributed by atoms with van der Waals surface area (Å²) in [7, 11) is 0. The lowest BCUT2D eigenvalue weighted by atomic mass is 10.2. The van der Waals surface area contributed by atoms with Crippen LogP contribution >= 0.6 is 0 Å². The summed E-state index contributed by atoms with van der Waals surface area (Å²) in [5.74, 6) is 0. The number of benzene rings is 1. The molecule has 0 atom stereocenters. The number of fused-ring (bicyclic) bond motifs is 1. The van der Waals surface area contributed by atoms with Crippen LogP contribution in [0.4, 0.5) is 5.69 Å². The van der Waals surface area contributed by atoms with E-state index in [-0.39, 0.29) is 5.69 Å². The average molecular weight is 262 g/mol. The van der Waals surface area contributed by atoms with Gasteiger partial charge in [-0.15, -0.1) is 0 Å². The smallest absolute Gasteiger partial charge is 0.271 e. The van der Waals surface area contributed by atoms with Gasteiger partial charge in [0, 0.05) is 37.2 Å². The normalized spacial score (nSPS) is 16.8. The van der Waals surface area contributed by atoms with Gasteiger partial charge in [-0.2, -0.15) is 5.10 Å². The zero-order valence-electron chi connectivity index (χ0n) is 10.3. The van der Waals surface area contributed by atoms with Gasteiger partial charge in [-0.05, 0) is 6.07 Å². The van der Waals surface area contributed by atoms with Crippen molar-refractivity contribution in [3.8, 4) is 0 Å². The van der Waals surface area contributed by atoms with Crippen molar-refractivity contribution >= 4 is 16.6 Å². The van der Waals surface area contributed by atoms with E-state index < -0.39 is 4.92 Å². The minimum Gasteiger partial charge on any atom is -0.379 e. The second-order valence-corrected chi connectivity index (χ2v) is 4.55.